The van der Waals surface area contributed by atoms with Crippen molar-refractivity contribution in [2.24, 2.45) is 0 Å². The van der Waals surface area contributed by atoms with Gasteiger partial charge in [-0.3, -0.25) is 4.40 Å². The summed E-state index contributed by atoms with van der Waals surface area (Å²) in [5.74, 6) is 0.833. The van der Waals surface area contributed by atoms with Gasteiger partial charge in [0.1, 0.15) is 10.4 Å². The molecule has 1 aromatic carbocycles. The average molecular weight is 323 g/mol. The van der Waals surface area contributed by atoms with Crippen LogP contribution in [0.2, 0.25) is 5.02 Å². The number of hydrogen-bond acceptors (Lipinski definition) is 2. The second kappa shape index (κ2) is 4.30. The molecule has 3 rings (SSSR count). The Morgan fingerprint density at radius 3 is 2.83 bits per heavy atom. The highest BCUT2D eigenvalue weighted by Gasteiger charge is 2.11. The van der Waals surface area contributed by atoms with Crippen LogP contribution in [-0.2, 0) is 0 Å². The predicted molar refractivity (Wildman–Crippen MR) is 77.8 cm³/mol. The summed E-state index contributed by atoms with van der Waals surface area (Å²) in [6.45, 7) is 0. The first-order valence-electron chi connectivity index (χ1n) is 5.34. The molecule has 3 nitrogen and oxygen atoms in total. The molecular formula is C13H9BrClN3. The smallest absolute Gasteiger partial charge is 0.145 e. The summed E-state index contributed by atoms with van der Waals surface area (Å²) in [6, 6.07) is 11.3. The highest BCUT2D eigenvalue weighted by Crippen LogP contribution is 2.28. The summed E-state index contributed by atoms with van der Waals surface area (Å²) in [6.07, 6.45) is 1.90. The van der Waals surface area contributed by atoms with Crippen molar-refractivity contribution in [1.29, 1.82) is 0 Å². The molecule has 0 aliphatic heterocycles. The zero-order valence-corrected chi connectivity index (χ0v) is 11.6. The van der Waals surface area contributed by atoms with E-state index in [4.69, 9.17) is 17.3 Å². The quantitative estimate of drug-likeness (QED) is 0.736. The monoisotopic (exact) mass is 321 g/mol. The lowest BCUT2D eigenvalue weighted by Gasteiger charge is -2.02. The van der Waals surface area contributed by atoms with Gasteiger partial charge in [0, 0.05) is 22.5 Å². The highest BCUT2D eigenvalue weighted by molar-refractivity contribution is 9.10. The van der Waals surface area contributed by atoms with Gasteiger partial charge in [-0.15, -0.1) is 0 Å². The Morgan fingerprint density at radius 2 is 2.06 bits per heavy atom. The van der Waals surface area contributed by atoms with E-state index in [9.17, 15) is 0 Å². The molecule has 90 valence electrons. The molecule has 2 N–H and O–H groups in total. The predicted octanol–water partition coefficient (Wildman–Crippen LogP) is 4.00. The number of pyridine rings is 1. The molecule has 0 spiro atoms. The Balaban J connectivity index is 2.30. The molecule has 0 atom stereocenters. The van der Waals surface area contributed by atoms with Crippen LogP contribution in [0.3, 0.4) is 0 Å². The summed E-state index contributed by atoms with van der Waals surface area (Å²) in [5, 5.41) is 0.691. The van der Waals surface area contributed by atoms with E-state index >= 15 is 0 Å². The minimum Gasteiger partial charge on any atom is -0.399 e. The van der Waals surface area contributed by atoms with Crippen LogP contribution in [0.25, 0.3) is 16.9 Å². The third-order valence-electron chi connectivity index (χ3n) is 2.71. The third-order valence-corrected chi connectivity index (χ3v) is 3.52. The Bertz CT molecular complexity index is 736. The maximum atomic E-state index is 6.01. The zero-order valence-electron chi connectivity index (χ0n) is 9.27. The van der Waals surface area contributed by atoms with Crippen molar-refractivity contribution in [3.05, 3.63) is 52.2 Å². The summed E-state index contributed by atoms with van der Waals surface area (Å²) in [4.78, 5) is 4.51. The Hall–Kier alpha value is -1.52. The minimum absolute atomic E-state index is 0.691. The van der Waals surface area contributed by atoms with Crippen LogP contribution in [0.1, 0.15) is 0 Å². The lowest BCUT2D eigenvalue weighted by molar-refractivity contribution is 1.16. The van der Waals surface area contributed by atoms with Crippen molar-refractivity contribution in [1.82, 2.24) is 9.38 Å². The number of anilines is 1. The second-order valence-corrected chi connectivity index (χ2v) is 5.14. The summed E-state index contributed by atoms with van der Waals surface area (Å²) < 4.78 is 2.75. The van der Waals surface area contributed by atoms with Crippen molar-refractivity contribution in [2.45, 2.75) is 0 Å². The molecule has 0 aliphatic rings. The van der Waals surface area contributed by atoms with Crippen LogP contribution in [-0.4, -0.2) is 9.38 Å². The van der Waals surface area contributed by atoms with Crippen LogP contribution in [0.5, 0.6) is 0 Å². The van der Waals surface area contributed by atoms with Gasteiger partial charge in [-0.2, -0.15) is 0 Å². The first-order valence-corrected chi connectivity index (χ1v) is 6.51. The lowest BCUT2D eigenvalue weighted by Crippen LogP contribution is -1.91. The number of aromatic nitrogens is 2. The van der Waals surface area contributed by atoms with Crippen LogP contribution in [0.4, 0.5) is 5.69 Å². The molecule has 0 saturated heterocycles. The van der Waals surface area contributed by atoms with E-state index in [0.29, 0.717) is 10.7 Å². The minimum atomic E-state index is 0.691. The number of hydrogen-bond donors (Lipinski definition) is 1. The van der Waals surface area contributed by atoms with Gasteiger partial charge in [-0.05, 0) is 40.2 Å². The topological polar surface area (TPSA) is 43.3 Å². The first kappa shape index (κ1) is 11.6. The summed E-state index contributed by atoms with van der Waals surface area (Å²) in [5.41, 5.74) is 8.39. The van der Waals surface area contributed by atoms with Crippen molar-refractivity contribution < 1.29 is 0 Å². The SMILES string of the molecule is Nc1ccn2c(-c3cccc(Cl)c3)nc(Br)c2c1. The highest BCUT2D eigenvalue weighted by atomic mass is 79.9. The van der Waals surface area contributed by atoms with Gasteiger partial charge in [0.15, 0.2) is 0 Å². The lowest BCUT2D eigenvalue weighted by atomic mass is 10.2. The van der Waals surface area contributed by atoms with Crippen molar-refractivity contribution >= 4 is 38.7 Å². The van der Waals surface area contributed by atoms with Gasteiger partial charge in [0.25, 0.3) is 0 Å². The van der Waals surface area contributed by atoms with Crippen molar-refractivity contribution in [3.8, 4) is 11.4 Å². The first-order chi connectivity index (χ1) is 8.65. The van der Waals surface area contributed by atoms with Gasteiger partial charge in [0.05, 0.1) is 5.52 Å². The number of halogens is 2. The molecule has 0 unspecified atom stereocenters. The molecule has 0 amide bonds. The fraction of sp³-hybridized carbons (Fsp3) is 0. The number of nitrogens with two attached hydrogens (primary N) is 1. The molecule has 0 saturated carbocycles. The van der Waals surface area contributed by atoms with E-state index < -0.39 is 0 Å². The molecule has 2 heterocycles. The Kier molecular flexibility index (Phi) is 2.76. The molecule has 0 bridgehead atoms. The van der Waals surface area contributed by atoms with Crippen molar-refractivity contribution in [3.63, 3.8) is 0 Å². The standard InChI is InChI=1S/C13H9BrClN3/c14-12-11-7-10(16)4-5-18(11)13(17-12)8-2-1-3-9(15)6-8/h1-7H,16H2. The maximum Gasteiger partial charge on any atom is 0.145 e. The molecule has 2 aromatic heterocycles. The summed E-state index contributed by atoms with van der Waals surface area (Å²) >= 11 is 9.46. The molecule has 0 fully saturated rings. The normalized spacial score (nSPS) is 11.0. The molecule has 0 radical (unpaired) electrons. The van der Waals surface area contributed by atoms with Crippen LogP contribution >= 0.6 is 27.5 Å². The zero-order chi connectivity index (χ0) is 12.7. The van der Waals surface area contributed by atoms with Crippen LogP contribution < -0.4 is 5.73 Å². The maximum absolute atomic E-state index is 6.01. The average Bonchev–Trinajstić information content (AvgIpc) is 2.67. The van der Waals surface area contributed by atoms with E-state index in [-0.39, 0.29) is 0 Å². The third kappa shape index (κ3) is 1.87. The Labute approximate surface area is 117 Å². The molecule has 5 heteroatoms. The van der Waals surface area contributed by atoms with Gasteiger partial charge in [0.2, 0.25) is 0 Å². The van der Waals surface area contributed by atoms with E-state index in [2.05, 4.69) is 20.9 Å². The van der Waals surface area contributed by atoms with Crippen LogP contribution in [0, 0.1) is 0 Å². The van der Waals surface area contributed by atoms with Gasteiger partial charge in [-0.1, -0.05) is 23.7 Å². The number of nitrogens with zero attached hydrogens (tertiary/aromatic N) is 2. The number of imidazole rings is 1. The van der Waals surface area contributed by atoms with Crippen LogP contribution in [0.15, 0.2) is 47.2 Å². The van der Waals surface area contributed by atoms with Gasteiger partial charge >= 0.3 is 0 Å². The molecular weight excluding hydrogens is 314 g/mol. The molecule has 18 heavy (non-hydrogen) atoms. The van der Waals surface area contributed by atoms with E-state index in [1.54, 1.807) is 0 Å². The second-order valence-electron chi connectivity index (χ2n) is 3.95. The fourth-order valence-electron chi connectivity index (χ4n) is 1.90. The van der Waals surface area contributed by atoms with Gasteiger partial charge < -0.3 is 5.73 Å². The number of rotatable bonds is 1. The fourth-order valence-corrected chi connectivity index (χ4v) is 2.56. The van der Waals surface area contributed by atoms with E-state index in [1.807, 2.05) is 47.0 Å². The number of nitrogen functional groups attached to an aromatic ring is 1. The summed E-state index contributed by atoms with van der Waals surface area (Å²) in [7, 11) is 0. The van der Waals surface area contributed by atoms with Gasteiger partial charge in [-0.25, -0.2) is 4.98 Å². The molecule has 3 aromatic rings. The Morgan fingerprint density at radius 1 is 1.22 bits per heavy atom. The van der Waals surface area contributed by atoms with Crippen molar-refractivity contribution in [2.75, 3.05) is 5.73 Å². The van der Waals surface area contributed by atoms with E-state index in [0.717, 1.165) is 21.5 Å². The number of fused-ring (bicyclic) bond motifs is 1. The largest absolute Gasteiger partial charge is 0.399 e. The number of benzene rings is 1. The van der Waals surface area contributed by atoms with E-state index in [1.165, 1.54) is 0 Å². The molecule has 0 aliphatic carbocycles.